The third-order valence-corrected chi connectivity index (χ3v) is 11.0. The van der Waals surface area contributed by atoms with E-state index in [1.54, 1.807) is 0 Å². The third-order valence-electron chi connectivity index (χ3n) is 11.0. The summed E-state index contributed by atoms with van der Waals surface area (Å²) in [7, 11) is 0. The first-order valence-electron chi connectivity index (χ1n) is 12.6. The summed E-state index contributed by atoms with van der Waals surface area (Å²) in [5, 5.41) is 0. The van der Waals surface area contributed by atoms with Crippen LogP contribution in [0.25, 0.3) is 0 Å². The van der Waals surface area contributed by atoms with Crippen LogP contribution in [0.2, 0.25) is 0 Å². The molecule has 2 heterocycles. The van der Waals surface area contributed by atoms with Gasteiger partial charge < -0.3 is 9.47 Å². The highest BCUT2D eigenvalue weighted by molar-refractivity contribution is 5.92. The fourth-order valence-electron chi connectivity index (χ4n) is 9.00. The number of ketones is 1. The SMILES string of the molecule is C=C1C(=O)O[C@@H]2C[C@@]1(C)OC[C@H]2[C@H]1CC[C@H]2[C@@H]3CC=C4C=CCC(=O)[C@]4(C)[C@H]3CC[C@]12C. The van der Waals surface area contributed by atoms with Gasteiger partial charge in [-0.15, -0.1) is 0 Å². The second kappa shape index (κ2) is 6.68. The molecule has 0 aromatic carbocycles. The van der Waals surface area contributed by atoms with Crippen molar-refractivity contribution in [3.05, 3.63) is 36.0 Å². The molecule has 6 aliphatic rings. The monoisotopic (exact) mass is 436 g/mol. The molecule has 0 spiro atoms. The Kier molecular flexibility index (Phi) is 4.36. The lowest BCUT2D eigenvalue weighted by Gasteiger charge is -2.57. The van der Waals surface area contributed by atoms with Crippen LogP contribution in [0.4, 0.5) is 0 Å². The second-order valence-corrected chi connectivity index (χ2v) is 12.1. The van der Waals surface area contributed by atoms with Crippen LogP contribution in [-0.4, -0.2) is 30.1 Å². The number of hydrogen-bond acceptors (Lipinski definition) is 4. The number of esters is 1. The predicted molar refractivity (Wildman–Crippen MR) is 122 cm³/mol. The highest BCUT2D eigenvalue weighted by Gasteiger charge is 2.62. The Balaban J connectivity index is 1.29. The van der Waals surface area contributed by atoms with Gasteiger partial charge in [-0.05, 0) is 80.6 Å². The Labute approximate surface area is 191 Å². The van der Waals surface area contributed by atoms with Gasteiger partial charge in [-0.2, -0.15) is 0 Å². The van der Waals surface area contributed by atoms with Crippen LogP contribution >= 0.6 is 0 Å². The molecular formula is C28H36O4. The van der Waals surface area contributed by atoms with E-state index in [9.17, 15) is 9.59 Å². The smallest absolute Gasteiger partial charge is 0.336 e. The van der Waals surface area contributed by atoms with Gasteiger partial charge in [0, 0.05) is 18.8 Å². The molecule has 9 atom stereocenters. The van der Waals surface area contributed by atoms with Gasteiger partial charge in [0.15, 0.2) is 0 Å². The second-order valence-electron chi connectivity index (χ2n) is 12.1. The number of hydrogen-bond donors (Lipinski definition) is 0. The zero-order chi connectivity index (χ0) is 22.5. The molecule has 2 bridgehead atoms. The molecule has 0 aromatic heterocycles. The van der Waals surface area contributed by atoms with Crippen LogP contribution in [0.3, 0.4) is 0 Å². The first-order chi connectivity index (χ1) is 15.2. The number of Topliss-reactive ketones (excluding diaryl/α,β-unsaturated/α-hetero) is 1. The van der Waals surface area contributed by atoms with E-state index in [0.717, 1.165) is 25.7 Å². The Morgan fingerprint density at radius 3 is 2.56 bits per heavy atom. The van der Waals surface area contributed by atoms with Crippen molar-refractivity contribution < 1.29 is 19.1 Å². The lowest BCUT2D eigenvalue weighted by Crippen LogP contribution is -2.57. The fourth-order valence-corrected chi connectivity index (χ4v) is 9.00. The standard InChI is InChI=1S/C28H36O4/c1-16-25(30)32-23-14-27(16,3)31-15-19(23)21-11-10-20-18-9-8-17-6-5-7-24(29)28(17,4)22(18)12-13-26(20,21)2/h5-6,8,18-23H,1,7,9-15H2,2-4H3/t18-,19-,20-,21+,22-,23+,26-,27+,28-/m0/s1. The van der Waals surface area contributed by atoms with Crippen LogP contribution in [0.1, 0.15) is 65.7 Å². The molecule has 0 unspecified atom stereocenters. The van der Waals surface area contributed by atoms with Crippen LogP contribution in [0.5, 0.6) is 0 Å². The van der Waals surface area contributed by atoms with Crippen molar-refractivity contribution in [2.24, 2.45) is 40.4 Å². The maximum atomic E-state index is 13.1. The molecule has 0 aromatic rings. The van der Waals surface area contributed by atoms with Crippen molar-refractivity contribution in [3.63, 3.8) is 0 Å². The minimum atomic E-state index is -0.568. The first-order valence-corrected chi connectivity index (χ1v) is 12.6. The highest BCUT2D eigenvalue weighted by atomic mass is 16.6. The Morgan fingerprint density at radius 2 is 1.78 bits per heavy atom. The summed E-state index contributed by atoms with van der Waals surface area (Å²) in [6, 6.07) is 0. The number of carbonyl (C=O) groups is 2. The van der Waals surface area contributed by atoms with E-state index in [4.69, 9.17) is 9.47 Å². The Morgan fingerprint density at radius 1 is 1.03 bits per heavy atom. The van der Waals surface area contributed by atoms with Crippen molar-refractivity contribution >= 4 is 11.8 Å². The quantitative estimate of drug-likeness (QED) is 0.419. The van der Waals surface area contributed by atoms with Crippen molar-refractivity contribution in [2.45, 2.75) is 77.4 Å². The van der Waals surface area contributed by atoms with Gasteiger partial charge in [-0.1, -0.05) is 31.7 Å². The van der Waals surface area contributed by atoms with Gasteiger partial charge in [-0.3, -0.25) is 4.79 Å². The largest absolute Gasteiger partial charge is 0.458 e. The summed E-state index contributed by atoms with van der Waals surface area (Å²) < 4.78 is 12.2. The van der Waals surface area contributed by atoms with Gasteiger partial charge in [-0.25, -0.2) is 4.79 Å². The van der Waals surface area contributed by atoms with E-state index >= 15 is 0 Å². The Bertz CT molecular complexity index is 960. The van der Waals surface area contributed by atoms with Crippen molar-refractivity contribution in [1.82, 2.24) is 0 Å². The number of ether oxygens (including phenoxy) is 2. The topological polar surface area (TPSA) is 52.6 Å². The number of allylic oxidation sites excluding steroid dienone is 4. The number of rotatable bonds is 1. The van der Waals surface area contributed by atoms with E-state index in [2.05, 4.69) is 32.6 Å². The summed E-state index contributed by atoms with van der Waals surface area (Å²) >= 11 is 0. The van der Waals surface area contributed by atoms with E-state index in [0.29, 0.717) is 48.1 Å². The van der Waals surface area contributed by atoms with Crippen LogP contribution < -0.4 is 0 Å². The van der Waals surface area contributed by atoms with Crippen molar-refractivity contribution in [2.75, 3.05) is 6.61 Å². The summed E-state index contributed by atoms with van der Waals surface area (Å²) in [5.41, 5.74) is 1.08. The maximum absolute atomic E-state index is 13.1. The average Bonchev–Trinajstić information content (AvgIpc) is 3.10. The molecule has 0 radical (unpaired) electrons. The predicted octanol–water partition coefficient (Wildman–Crippen LogP) is 5.19. The summed E-state index contributed by atoms with van der Waals surface area (Å²) in [6.45, 7) is 11.3. The molecule has 0 amide bonds. The third kappa shape index (κ3) is 2.53. The van der Waals surface area contributed by atoms with E-state index in [1.165, 1.54) is 18.4 Å². The lowest BCUT2D eigenvalue weighted by molar-refractivity contribution is -0.200. The molecule has 4 heteroatoms. The van der Waals surface area contributed by atoms with Crippen LogP contribution in [0.15, 0.2) is 36.0 Å². The molecule has 2 saturated carbocycles. The minimum absolute atomic E-state index is 0.0644. The van der Waals surface area contributed by atoms with Crippen LogP contribution in [-0.2, 0) is 19.1 Å². The minimum Gasteiger partial charge on any atom is -0.458 e. The van der Waals surface area contributed by atoms with E-state index in [-0.39, 0.29) is 28.8 Å². The summed E-state index contributed by atoms with van der Waals surface area (Å²) in [5.74, 6) is 2.55. The van der Waals surface area contributed by atoms with Gasteiger partial charge in [0.25, 0.3) is 0 Å². The van der Waals surface area contributed by atoms with Crippen LogP contribution in [0, 0.1) is 40.4 Å². The zero-order valence-electron chi connectivity index (χ0n) is 19.7. The molecule has 4 aliphatic carbocycles. The van der Waals surface area contributed by atoms with Gasteiger partial charge in [0.2, 0.25) is 0 Å². The normalized spacial score (nSPS) is 52.0. The zero-order valence-corrected chi connectivity index (χ0v) is 19.7. The fraction of sp³-hybridized carbons (Fsp3) is 0.714. The molecule has 32 heavy (non-hydrogen) atoms. The highest BCUT2D eigenvalue weighted by Crippen LogP contribution is 2.67. The van der Waals surface area contributed by atoms with Crippen molar-refractivity contribution in [3.8, 4) is 0 Å². The van der Waals surface area contributed by atoms with Gasteiger partial charge in [0.1, 0.15) is 17.5 Å². The lowest BCUT2D eigenvalue weighted by atomic mass is 9.47. The average molecular weight is 437 g/mol. The van der Waals surface area contributed by atoms with E-state index < -0.39 is 5.60 Å². The molecule has 6 rings (SSSR count). The molecule has 4 nitrogen and oxygen atoms in total. The number of fused-ring (bicyclic) bond motifs is 7. The number of carbonyl (C=O) groups excluding carboxylic acids is 2. The summed E-state index contributed by atoms with van der Waals surface area (Å²) in [4.78, 5) is 25.6. The molecule has 0 N–H and O–H groups in total. The molecule has 172 valence electrons. The molecule has 2 aliphatic heterocycles. The maximum Gasteiger partial charge on any atom is 0.336 e. The molecular weight excluding hydrogens is 400 g/mol. The van der Waals surface area contributed by atoms with Gasteiger partial charge in [0.05, 0.1) is 17.6 Å². The van der Waals surface area contributed by atoms with Gasteiger partial charge >= 0.3 is 5.97 Å². The van der Waals surface area contributed by atoms with Crippen molar-refractivity contribution in [1.29, 1.82) is 0 Å². The first kappa shape index (κ1) is 20.9. The van der Waals surface area contributed by atoms with E-state index in [1.807, 2.05) is 13.0 Å². The molecule has 4 fully saturated rings. The molecule has 2 saturated heterocycles. The summed E-state index contributed by atoms with van der Waals surface area (Å²) in [6.07, 6.45) is 13.6. The Hall–Kier alpha value is -1.68.